The second-order valence-electron chi connectivity index (χ2n) is 7.54. The standard InChI is InChI=1S/C22H20Cl3N5O/c1-13-2-3-15(7-26-13)21(31)30-11-16(8-27-22-28-9-17(23)10-29-22)18(12-30)14-4-5-19(24)20(25)6-14/h2-7,9-10,16,18H,8,11-12H2,1H3,(H,27,28,29)/t16?,18-/m1/s1. The van der Waals surface area contributed by atoms with E-state index in [1.807, 2.05) is 36.1 Å². The van der Waals surface area contributed by atoms with Gasteiger partial charge < -0.3 is 10.2 Å². The minimum atomic E-state index is -0.0391. The van der Waals surface area contributed by atoms with E-state index in [0.717, 1.165) is 11.3 Å². The Hall–Kier alpha value is -2.41. The van der Waals surface area contributed by atoms with E-state index in [9.17, 15) is 4.79 Å². The Morgan fingerprint density at radius 1 is 1.03 bits per heavy atom. The lowest BCUT2D eigenvalue weighted by Gasteiger charge is -2.19. The molecule has 4 rings (SSSR count). The van der Waals surface area contributed by atoms with E-state index < -0.39 is 0 Å². The van der Waals surface area contributed by atoms with Gasteiger partial charge in [-0.15, -0.1) is 0 Å². The average Bonchev–Trinajstić information content (AvgIpc) is 3.19. The first-order chi connectivity index (χ1) is 14.9. The lowest BCUT2D eigenvalue weighted by atomic mass is 9.89. The first-order valence-corrected chi connectivity index (χ1v) is 10.9. The zero-order valence-corrected chi connectivity index (χ0v) is 19.0. The molecule has 2 atom stereocenters. The van der Waals surface area contributed by atoms with Crippen molar-refractivity contribution < 1.29 is 4.79 Å². The molecule has 1 fully saturated rings. The molecule has 0 spiro atoms. The van der Waals surface area contributed by atoms with Crippen LogP contribution >= 0.6 is 34.8 Å². The molecule has 31 heavy (non-hydrogen) atoms. The van der Waals surface area contributed by atoms with Crippen LogP contribution in [0, 0.1) is 12.8 Å². The molecule has 1 N–H and O–H groups in total. The van der Waals surface area contributed by atoms with Gasteiger partial charge in [-0.2, -0.15) is 0 Å². The highest BCUT2D eigenvalue weighted by molar-refractivity contribution is 6.42. The SMILES string of the molecule is Cc1ccc(C(=O)N2CC(CNc3ncc(Cl)cn3)[C@@H](c3ccc(Cl)c(Cl)c3)C2)cn1. The number of benzene rings is 1. The largest absolute Gasteiger partial charge is 0.354 e. The Morgan fingerprint density at radius 3 is 2.48 bits per heavy atom. The highest BCUT2D eigenvalue weighted by Gasteiger charge is 2.36. The van der Waals surface area contributed by atoms with Gasteiger partial charge in [0.15, 0.2) is 0 Å². The van der Waals surface area contributed by atoms with Crippen LogP contribution in [0.15, 0.2) is 48.9 Å². The highest BCUT2D eigenvalue weighted by atomic mass is 35.5. The number of nitrogens with zero attached hydrogens (tertiary/aromatic N) is 4. The van der Waals surface area contributed by atoms with E-state index in [4.69, 9.17) is 34.8 Å². The third-order valence-corrected chi connectivity index (χ3v) is 6.34. The van der Waals surface area contributed by atoms with Crippen LogP contribution < -0.4 is 5.32 Å². The molecule has 9 heteroatoms. The van der Waals surface area contributed by atoms with Crippen LogP contribution in [-0.2, 0) is 0 Å². The molecule has 6 nitrogen and oxygen atoms in total. The summed E-state index contributed by atoms with van der Waals surface area (Å²) in [5.74, 6) is 0.656. The monoisotopic (exact) mass is 475 g/mol. The predicted molar refractivity (Wildman–Crippen MR) is 123 cm³/mol. The number of pyridine rings is 1. The minimum Gasteiger partial charge on any atom is -0.354 e. The van der Waals surface area contributed by atoms with Gasteiger partial charge in [-0.05, 0) is 36.8 Å². The number of carbonyl (C=O) groups excluding carboxylic acids is 1. The van der Waals surface area contributed by atoms with Gasteiger partial charge in [0.05, 0.1) is 33.0 Å². The van der Waals surface area contributed by atoms with Crippen molar-refractivity contribution in [2.75, 3.05) is 25.0 Å². The van der Waals surface area contributed by atoms with Crippen molar-refractivity contribution in [2.45, 2.75) is 12.8 Å². The summed E-state index contributed by atoms with van der Waals surface area (Å²) in [5, 5.41) is 4.74. The Balaban J connectivity index is 1.56. The second-order valence-corrected chi connectivity index (χ2v) is 8.80. The first-order valence-electron chi connectivity index (χ1n) is 9.79. The molecule has 0 saturated carbocycles. The van der Waals surface area contributed by atoms with Crippen LogP contribution in [0.1, 0.15) is 27.5 Å². The summed E-state index contributed by atoms with van der Waals surface area (Å²) in [6.07, 6.45) is 4.71. The number of hydrogen-bond donors (Lipinski definition) is 1. The molecule has 2 aromatic heterocycles. The lowest BCUT2D eigenvalue weighted by molar-refractivity contribution is 0.0786. The zero-order valence-electron chi connectivity index (χ0n) is 16.7. The summed E-state index contributed by atoms with van der Waals surface area (Å²) in [6, 6.07) is 9.29. The number of hydrogen-bond acceptors (Lipinski definition) is 5. The fourth-order valence-electron chi connectivity index (χ4n) is 3.77. The summed E-state index contributed by atoms with van der Waals surface area (Å²) >= 11 is 18.2. The number of anilines is 1. The fraction of sp³-hybridized carbons (Fsp3) is 0.273. The second kappa shape index (κ2) is 9.39. The number of carbonyl (C=O) groups is 1. The summed E-state index contributed by atoms with van der Waals surface area (Å²) in [4.78, 5) is 27.6. The molecule has 0 aliphatic carbocycles. The highest BCUT2D eigenvalue weighted by Crippen LogP contribution is 2.36. The molecule has 1 aliphatic heterocycles. The van der Waals surface area contributed by atoms with Crippen molar-refractivity contribution in [3.8, 4) is 0 Å². The van der Waals surface area contributed by atoms with E-state index in [1.165, 1.54) is 0 Å². The Labute approximate surface area is 195 Å². The molecular formula is C22H20Cl3N5O. The van der Waals surface area contributed by atoms with Crippen LogP contribution in [-0.4, -0.2) is 45.4 Å². The summed E-state index contributed by atoms with van der Waals surface area (Å²) < 4.78 is 0. The Bertz CT molecular complexity index is 1080. The average molecular weight is 477 g/mol. The van der Waals surface area contributed by atoms with E-state index in [1.54, 1.807) is 24.7 Å². The van der Waals surface area contributed by atoms with Crippen molar-refractivity contribution in [2.24, 2.45) is 5.92 Å². The fourth-order valence-corrected chi connectivity index (χ4v) is 4.17. The lowest BCUT2D eigenvalue weighted by Crippen LogP contribution is -2.30. The van der Waals surface area contributed by atoms with Crippen LogP contribution in [0.25, 0.3) is 0 Å². The van der Waals surface area contributed by atoms with Gasteiger partial charge in [-0.25, -0.2) is 9.97 Å². The number of aryl methyl sites for hydroxylation is 1. The van der Waals surface area contributed by atoms with Gasteiger partial charge in [0.25, 0.3) is 5.91 Å². The third kappa shape index (κ3) is 5.09. The molecule has 0 bridgehead atoms. The molecular weight excluding hydrogens is 457 g/mol. The molecule has 1 amide bonds. The van der Waals surface area contributed by atoms with Crippen molar-refractivity contribution in [3.05, 3.63) is 80.8 Å². The first kappa shape index (κ1) is 21.8. The molecule has 1 unspecified atom stereocenters. The topological polar surface area (TPSA) is 71.0 Å². The summed E-state index contributed by atoms with van der Waals surface area (Å²) in [6.45, 7) is 3.63. The van der Waals surface area contributed by atoms with Crippen LogP contribution in [0.3, 0.4) is 0 Å². The van der Waals surface area contributed by atoms with Gasteiger partial charge in [-0.3, -0.25) is 9.78 Å². The van der Waals surface area contributed by atoms with Gasteiger partial charge in [0.2, 0.25) is 5.95 Å². The van der Waals surface area contributed by atoms with Crippen molar-refractivity contribution in [1.29, 1.82) is 0 Å². The molecule has 1 aliphatic rings. The Kier molecular flexibility index (Phi) is 6.60. The van der Waals surface area contributed by atoms with E-state index in [2.05, 4.69) is 20.3 Å². The number of amides is 1. The van der Waals surface area contributed by atoms with Gasteiger partial charge >= 0.3 is 0 Å². The number of halogens is 3. The molecule has 0 radical (unpaired) electrons. The maximum atomic E-state index is 13.1. The van der Waals surface area contributed by atoms with Crippen molar-refractivity contribution in [1.82, 2.24) is 19.9 Å². The quantitative estimate of drug-likeness (QED) is 0.554. The predicted octanol–water partition coefficient (Wildman–Crippen LogP) is 5.11. The summed E-state index contributed by atoms with van der Waals surface area (Å²) in [5.41, 5.74) is 2.49. The molecule has 1 saturated heterocycles. The molecule has 160 valence electrons. The number of nitrogens with one attached hydrogen (secondary N) is 1. The van der Waals surface area contributed by atoms with Crippen LogP contribution in [0.5, 0.6) is 0 Å². The maximum absolute atomic E-state index is 13.1. The van der Waals surface area contributed by atoms with Crippen LogP contribution in [0.2, 0.25) is 15.1 Å². The van der Waals surface area contributed by atoms with Crippen molar-refractivity contribution >= 4 is 46.7 Å². The van der Waals surface area contributed by atoms with Gasteiger partial charge in [0, 0.05) is 43.4 Å². The summed E-state index contributed by atoms with van der Waals surface area (Å²) in [7, 11) is 0. The molecule has 3 heterocycles. The van der Waals surface area contributed by atoms with E-state index >= 15 is 0 Å². The van der Waals surface area contributed by atoms with E-state index in [0.29, 0.717) is 46.2 Å². The third-order valence-electron chi connectivity index (χ3n) is 5.40. The molecule has 1 aromatic carbocycles. The van der Waals surface area contributed by atoms with E-state index in [-0.39, 0.29) is 17.7 Å². The number of rotatable bonds is 5. The molecule has 3 aromatic rings. The minimum absolute atomic E-state index is 0.0391. The normalized spacial score (nSPS) is 18.3. The number of likely N-dealkylation sites (tertiary alicyclic amines) is 1. The van der Waals surface area contributed by atoms with Crippen LogP contribution in [0.4, 0.5) is 5.95 Å². The van der Waals surface area contributed by atoms with Gasteiger partial charge in [-0.1, -0.05) is 40.9 Å². The number of aromatic nitrogens is 3. The smallest absolute Gasteiger partial charge is 0.255 e. The van der Waals surface area contributed by atoms with Crippen molar-refractivity contribution in [3.63, 3.8) is 0 Å². The maximum Gasteiger partial charge on any atom is 0.255 e. The van der Waals surface area contributed by atoms with Gasteiger partial charge in [0.1, 0.15) is 0 Å². The zero-order chi connectivity index (χ0) is 22.0. The Morgan fingerprint density at radius 2 is 1.81 bits per heavy atom.